The molecule has 45 heavy (non-hydrogen) atoms. The first-order valence-corrected chi connectivity index (χ1v) is 19.7. The maximum atomic E-state index is 13.8. The minimum Gasteiger partial charge on any atom is -0.393 e. The molecule has 0 aliphatic heterocycles. The van der Waals surface area contributed by atoms with Gasteiger partial charge in [0, 0.05) is 37.3 Å². The lowest BCUT2D eigenvalue weighted by atomic mass is 9.43. The Morgan fingerprint density at radius 3 is 2.07 bits per heavy atom. The van der Waals surface area contributed by atoms with Crippen molar-refractivity contribution in [3.05, 3.63) is 0 Å². The predicted octanol–water partition coefficient (Wildman–Crippen LogP) is 9.12. The largest absolute Gasteiger partial charge is 0.393 e. The molecule has 10 atom stereocenters. The van der Waals surface area contributed by atoms with E-state index in [0.717, 1.165) is 70.9 Å². The van der Waals surface area contributed by atoms with E-state index in [2.05, 4.69) is 39.5 Å². The average Bonchev–Trinajstić information content (AvgIpc) is 3.37. The number of carbonyl (C=O) groups is 2. The van der Waals surface area contributed by atoms with Crippen molar-refractivity contribution in [2.45, 2.75) is 182 Å². The molecule has 0 bridgehead atoms. The zero-order chi connectivity index (χ0) is 32.6. The zero-order valence-electron chi connectivity index (χ0n) is 30.0. The summed E-state index contributed by atoms with van der Waals surface area (Å²) in [7, 11) is 0. The van der Waals surface area contributed by atoms with Gasteiger partial charge in [-0.1, -0.05) is 98.8 Å². The molecule has 4 saturated carbocycles. The van der Waals surface area contributed by atoms with E-state index in [-0.39, 0.29) is 40.6 Å². The summed E-state index contributed by atoms with van der Waals surface area (Å²) >= 11 is 0. The lowest BCUT2D eigenvalue weighted by Crippen LogP contribution is -2.61. The molecule has 0 saturated heterocycles. The third kappa shape index (κ3) is 8.38. The van der Waals surface area contributed by atoms with Crippen molar-refractivity contribution < 1.29 is 19.8 Å². The number of fused-ring (bicyclic) bond motifs is 5. The molecule has 4 aliphatic rings. The number of ketones is 1. The van der Waals surface area contributed by atoms with E-state index in [9.17, 15) is 19.8 Å². The second-order valence-corrected chi connectivity index (χ2v) is 16.8. The normalized spacial score (nSPS) is 36.7. The summed E-state index contributed by atoms with van der Waals surface area (Å²) in [6, 6.07) is 0. The number of amides is 1. The molecular weight excluding hydrogens is 558 g/mol. The van der Waals surface area contributed by atoms with Gasteiger partial charge in [0.2, 0.25) is 5.91 Å². The third-order valence-electron chi connectivity index (χ3n) is 14.0. The summed E-state index contributed by atoms with van der Waals surface area (Å²) in [6.45, 7) is 13.3. The van der Waals surface area contributed by atoms with E-state index in [1.807, 2.05) is 0 Å². The number of rotatable bonds is 18. The van der Waals surface area contributed by atoms with E-state index >= 15 is 0 Å². The third-order valence-corrected chi connectivity index (χ3v) is 14.0. The number of nitrogens with zero attached hydrogens (tertiary/aromatic N) is 1. The quantitative estimate of drug-likeness (QED) is 0.148. The lowest BCUT2D eigenvalue weighted by molar-refractivity contribution is -0.182. The van der Waals surface area contributed by atoms with E-state index < -0.39 is 6.10 Å². The second-order valence-electron chi connectivity index (χ2n) is 16.8. The van der Waals surface area contributed by atoms with Crippen LogP contribution in [0, 0.1) is 46.3 Å². The van der Waals surface area contributed by atoms with Crippen LogP contribution in [-0.2, 0) is 9.59 Å². The van der Waals surface area contributed by atoms with Crippen LogP contribution in [0.1, 0.15) is 169 Å². The van der Waals surface area contributed by atoms with Gasteiger partial charge in [-0.05, 0) is 92.8 Å². The van der Waals surface area contributed by atoms with Crippen LogP contribution in [0.4, 0.5) is 0 Å². The number of hydrogen-bond donors (Lipinski definition) is 2. The number of unbranched alkanes of at least 4 members (excludes halogenated alkanes) is 10. The minimum atomic E-state index is -0.401. The Morgan fingerprint density at radius 1 is 0.844 bits per heavy atom. The topological polar surface area (TPSA) is 77.8 Å². The second kappa shape index (κ2) is 16.9. The summed E-state index contributed by atoms with van der Waals surface area (Å²) < 4.78 is 0. The minimum absolute atomic E-state index is 0.0473. The van der Waals surface area contributed by atoms with Gasteiger partial charge in [-0.15, -0.1) is 0 Å². The zero-order valence-corrected chi connectivity index (χ0v) is 30.0. The van der Waals surface area contributed by atoms with Crippen LogP contribution >= 0.6 is 0 Å². The van der Waals surface area contributed by atoms with Crippen molar-refractivity contribution in [2.75, 3.05) is 13.1 Å². The van der Waals surface area contributed by atoms with Gasteiger partial charge < -0.3 is 15.1 Å². The van der Waals surface area contributed by atoms with Crippen molar-refractivity contribution in [3.8, 4) is 0 Å². The van der Waals surface area contributed by atoms with Gasteiger partial charge in [-0.3, -0.25) is 9.59 Å². The molecule has 1 amide bonds. The van der Waals surface area contributed by atoms with Gasteiger partial charge >= 0.3 is 0 Å². The molecule has 260 valence electrons. The first-order chi connectivity index (χ1) is 21.6. The molecule has 0 aromatic heterocycles. The van der Waals surface area contributed by atoms with Crippen LogP contribution in [-0.4, -0.2) is 52.1 Å². The van der Waals surface area contributed by atoms with Crippen LogP contribution < -0.4 is 0 Å². The van der Waals surface area contributed by atoms with Gasteiger partial charge in [0.25, 0.3) is 0 Å². The van der Waals surface area contributed by atoms with Gasteiger partial charge in [-0.2, -0.15) is 0 Å². The van der Waals surface area contributed by atoms with Crippen molar-refractivity contribution in [1.82, 2.24) is 4.90 Å². The lowest BCUT2D eigenvalue weighted by Gasteiger charge is -2.61. The van der Waals surface area contributed by atoms with Gasteiger partial charge in [0.05, 0.1) is 12.2 Å². The van der Waals surface area contributed by atoms with E-state index in [4.69, 9.17) is 0 Å². The summed E-state index contributed by atoms with van der Waals surface area (Å²) in [5.74, 6) is 2.22. The van der Waals surface area contributed by atoms with Gasteiger partial charge in [0.15, 0.2) is 0 Å². The monoisotopic (exact) mass is 630 g/mol. The van der Waals surface area contributed by atoms with E-state index in [1.54, 1.807) is 0 Å². The number of carbonyl (C=O) groups excluding carboxylic acids is 2. The maximum Gasteiger partial charge on any atom is 0.222 e. The number of hydrogen-bond acceptors (Lipinski definition) is 4. The molecule has 0 heterocycles. The standard InChI is InChI=1S/C40H71NO4/c1-6-8-10-12-14-16-24-41(25-17-15-13-11-9-7-2)37(45)21-18-29(3)32-19-20-33-38-34(28-36(44)40(32,33)5)39(4)23-22-31(42)26-30(39)27-35(38)43/h29-34,36,38,42,44H,6-28H2,1-5H3/t29-,30+,31-,32-,33+,34+,36+,38+,39+,40-/m1/s1. The van der Waals surface area contributed by atoms with Gasteiger partial charge in [0.1, 0.15) is 5.78 Å². The fraction of sp³-hybridized carbons (Fsp3) is 0.950. The molecule has 0 radical (unpaired) electrons. The Morgan fingerprint density at radius 2 is 1.44 bits per heavy atom. The Bertz CT molecular complexity index is 921. The highest BCUT2D eigenvalue weighted by Gasteiger charge is 2.65. The number of aliphatic hydroxyl groups excluding tert-OH is 2. The van der Waals surface area contributed by atoms with E-state index in [1.165, 1.54) is 64.2 Å². The van der Waals surface area contributed by atoms with E-state index in [0.29, 0.717) is 36.4 Å². The molecular formula is C40H71NO4. The molecule has 0 aromatic carbocycles. The van der Waals surface area contributed by atoms with Crippen LogP contribution in [0.25, 0.3) is 0 Å². The Hall–Kier alpha value is -0.940. The first kappa shape index (κ1) is 36.9. The average molecular weight is 630 g/mol. The Labute approximate surface area is 277 Å². The smallest absolute Gasteiger partial charge is 0.222 e. The van der Waals surface area contributed by atoms with Crippen LogP contribution in [0.3, 0.4) is 0 Å². The van der Waals surface area contributed by atoms with Crippen molar-refractivity contribution in [2.24, 2.45) is 46.3 Å². The number of Topliss-reactive ketones (excluding diaryl/α,β-unsaturated/α-hetero) is 1. The van der Waals surface area contributed by atoms with Crippen LogP contribution in [0.5, 0.6) is 0 Å². The molecule has 5 heteroatoms. The summed E-state index contributed by atoms with van der Waals surface area (Å²) in [4.78, 5) is 29.6. The summed E-state index contributed by atoms with van der Waals surface area (Å²) in [5.41, 5.74) is -0.209. The van der Waals surface area contributed by atoms with Crippen molar-refractivity contribution in [3.63, 3.8) is 0 Å². The van der Waals surface area contributed by atoms with Crippen LogP contribution in [0.15, 0.2) is 0 Å². The fourth-order valence-corrected chi connectivity index (χ4v) is 11.1. The SMILES string of the molecule is CCCCCCCCN(CCCCCCCC)C(=O)CC[C@@H](C)[C@H]1CC[C@H]2[C@@H]3C(=O)C[C@@H]4C[C@H](O)CC[C@]4(C)[C@H]3C[C@H](O)[C@]12C. The molecule has 4 aliphatic carbocycles. The fourth-order valence-electron chi connectivity index (χ4n) is 11.1. The predicted molar refractivity (Wildman–Crippen MR) is 185 cm³/mol. The molecule has 2 N–H and O–H groups in total. The maximum absolute atomic E-state index is 13.8. The molecule has 4 fully saturated rings. The summed E-state index contributed by atoms with van der Waals surface area (Å²) in [6.07, 6.45) is 21.7. The Balaban J connectivity index is 1.35. The Kier molecular flexibility index (Phi) is 13.9. The number of aliphatic hydroxyl groups is 2. The first-order valence-electron chi connectivity index (χ1n) is 19.7. The van der Waals surface area contributed by atoms with Crippen molar-refractivity contribution in [1.29, 1.82) is 0 Å². The molecule has 5 nitrogen and oxygen atoms in total. The molecule has 4 rings (SSSR count). The van der Waals surface area contributed by atoms with Gasteiger partial charge in [-0.25, -0.2) is 0 Å². The molecule has 0 aromatic rings. The van der Waals surface area contributed by atoms with Crippen molar-refractivity contribution >= 4 is 11.7 Å². The summed E-state index contributed by atoms with van der Waals surface area (Å²) in [5, 5.41) is 22.3. The molecule has 0 spiro atoms. The highest BCUT2D eigenvalue weighted by atomic mass is 16.3. The highest BCUT2D eigenvalue weighted by Crippen LogP contribution is 2.67. The molecule has 0 unspecified atom stereocenters. The highest BCUT2D eigenvalue weighted by molar-refractivity contribution is 5.83. The van der Waals surface area contributed by atoms with Crippen LogP contribution in [0.2, 0.25) is 0 Å².